The van der Waals surface area contributed by atoms with Gasteiger partial charge in [0.1, 0.15) is 4.90 Å². The first-order chi connectivity index (χ1) is 9.58. The summed E-state index contributed by atoms with van der Waals surface area (Å²) in [5.74, 6) is 5.58. The molecule has 1 heterocycles. The molecule has 20 heavy (non-hydrogen) atoms. The highest BCUT2D eigenvalue weighted by Gasteiger charge is 2.28. The van der Waals surface area contributed by atoms with Gasteiger partial charge in [-0.15, -0.1) is 0 Å². The molecule has 1 aliphatic heterocycles. The van der Waals surface area contributed by atoms with Crippen molar-refractivity contribution in [1.82, 2.24) is 4.72 Å². The lowest BCUT2D eigenvalue weighted by Crippen LogP contribution is -2.33. The van der Waals surface area contributed by atoms with Crippen LogP contribution in [-0.4, -0.2) is 27.7 Å². The van der Waals surface area contributed by atoms with Crippen molar-refractivity contribution in [2.75, 3.05) is 18.6 Å². The Balaban J connectivity index is 2.08. The molecule has 0 radical (unpaired) electrons. The molecule has 4 N–H and O–H groups in total. The zero-order chi connectivity index (χ0) is 14.6. The van der Waals surface area contributed by atoms with Gasteiger partial charge >= 0.3 is 0 Å². The zero-order valence-corrected chi connectivity index (χ0v) is 12.3. The smallest absolute Gasteiger partial charge is 0.242 e. The second-order valence-corrected chi connectivity index (χ2v) is 6.59. The molecule has 1 aromatic carbocycles. The topological polar surface area (TPSA) is 93.4 Å². The van der Waals surface area contributed by atoms with E-state index in [9.17, 15) is 8.42 Å². The van der Waals surface area contributed by atoms with E-state index < -0.39 is 10.0 Å². The summed E-state index contributed by atoms with van der Waals surface area (Å²) in [7, 11) is -3.57. The van der Waals surface area contributed by atoms with Gasteiger partial charge in [0, 0.05) is 19.1 Å². The molecule has 0 aromatic heterocycles. The van der Waals surface area contributed by atoms with E-state index >= 15 is 0 Å². The quantitative estimate of drug-likeness (QED) is 0.539. The number of hydrazine groups is 1. The lowest BCUT2D eigenvalue weighted by Gasteiger charge is -2.18. The lowest BCUT2D eigenvalue weighted by atomic mass is 10.0. The van der Waals surface area contributed by atoms with Gasteiger partial charge in [-0.1, -0.05) is 19.1 Å². The van der Waals surface area contributed by atoms with Crippen LogP contribution < -0.4 is 16.0 Å². The van der Waals surface area contributed by atoms with Crippen molar-refractivity contribution in [1.29, 1.82) is 0 Å². The molecule has 1 aromatic rings. The number of sulfonamides is 1. The second kappa shape index (κ2) is 6.53. The van der Waals surface area contributed by atoms with Crippen LogP contribution in [0, 0.1) is 5.92 Å². The minimum atomic E-state index is -3.57. The number of anilines is 1. The van der Waals surface area contributed by atoms with Gasteiger partial charge in [0.05, 0.1) is 11.8 Å². The van der Waals surface area contributed by atoms with Crippen molar-refractivity contribution in [3.05, 3.63) is 24.3 Å². The largest absolute Gasteiger partial charge is 0.378 e. The fourth-order valence-corrected chi connectivity index (χ4v) is 3.76. The van der Waals surface area contributed by atoms with Crippen LogP contribution in [0.1, 0.15) is 19.8 Å². The maximum Gasteiger partial charge on any atom is 0.242 e. The molecule has 1 aliphatic rings. The van der Waals surface area contributed by atoms with Crippen LogP contribution in [0.5, 0.6) is 0 Å². The highest BCUT2D eigenvalue weighted by molar-refractivity contribution is 7.89. The Bertz CT molecular complexity index is 548. The minimum Gasteiger partial charge on any atom is -0.378 e. The van der Waals surface area contributed by atoms with Crippen molar-refractivity contribution >= 4 is 15.7 Å². The van der Waals surface area contributed by atoms with Gasteiger partial charge in [-0.25, -0.2) is 13.1 Å². The van der Waals surface area contributed by atoms with Gasteiger partial charge in [-0.3, -0.25) is 5.84 Å². The Labute approximate surface area is 119 Å². The maximum absolute atomic E-state index is 12.3. The predicted octanol–water partition coefficient (Wildman–Crippen LogP) is 1.07. The highest BCUT2D eigenvalue weighted by Crippen LogP contribution is 2.24. The number of rotatable bonds is 6. The van der Waals surface area contributed by atoms with E-state index in [4.69, 9.17) is 10.6 Å². The molecule has 1 saturated heterocycles. The summed E-state index contributed by atoms with van der Waals surface area (Å²) < 4.78 is 32.8. The van der Waals surface area contributed by atoms with E-state index in [0.717, 1.165) is 12.8 Å². The average Bonchev–Trinajstić information content (AvgIpc) is 2.92. The Morgan fingerprint density at radius 3 is 2.85 bits per heavy atom. The first kappa shape index (κ1) is 15.2. The van der Waals surface area contributed by atoms with Crippen molar-refractivity contribution in [3.63, 3.8) is 0 Å². The van der Waals surface area contributed by atoms with Crippen molar-refractivity contribution in [2.45, 2.75) is 30.8 Å². The van der Waals surface area contributed by atoms with Gasteiger partial charge in [-0.2, -0.15) is 0 Å². The standard InChI is InChI=1S/C13H21N3O3S/c1-2-12-10(7-8-19-12)9-15-20(17,18)13-6-4-3-5-11(13)16-14/h3-6,10,12,15-16H,2,7-9,14H2,1H3. The third-order valence-corrected chi connectivity index (χ3v) is 5.10. The van der Waals surface area contributed by atoms with Gasteiger partial charge in [0.15, 0.2) is 0 Å². The van der Waals surface area contributed by atoms with Crippen LogP contribution in [0.2, 0.25) is 0 Å². The molecule has 0 bridgehead atoms. The number of nitrogens with one attached hydrogen (secondary N) is 2. The van der Waals surface area contributed by atoms with E-state index in [1.54, 1.807) is 18.2 Å². The number of hydrogen-bond donors (Lipinski definition) is 3. The zero-order valence-electron chi connectivity index (χ0n) is 11.5. The number of hydrogen-bond acceptors (Lipinski definition) is 5. The van der Waals surface area contributed by atoms with E-state index in [-0.39, 0.29) is 16.9 Å². The van der Waals surface area contributed by atoms with Gasteiger partial charge in [0.2, 0.25) is 10.0 Å². The van der Waals surface area contributed by atoms with E-state index in [0.29, 0.717) is 18.8 Å². The third-order valence-electron chi connectivity index (χ3n) is 3.62. The van der Waals surface area contributed by atoms with Crippen LogP contribution in [0.4, 0.5) is 5.69 Å². The molecule has 6 nitrogen and oxygen atoms in total. The molecule has 7 heteroatoms. The summed E-state index contributed by atoms with van der Waals surface area (Å²) in [6, 6.07) is 6.55. The number of nitrogen functional groups attached to an aromatic ring is 1. The van der Waals surface area contributed by atoms with E-state index in [2.05, 4.69) is 10.1 Å². The summed E-state index contributed by atoms with van der Waals surface area (Å²) in [6.45, 7) is 3.14. The van der Waals surface area contributed by atoms with Crippen LogP contribution >= 0.6 is 0 Å². The fraction of sp³-hybridized carbons (Fsp3) is 0.538. The first-order valence-electron chi connectivity index (χ1n) is 6.75. The molecule has 0 aliphatic carbocycles. The van der Waals surface area contributed by atoms with Crippen molar-refractivity contribution in [2.24, 2.45) is 11.8 Å². The average molecular weight is 299 g/mol. The summed E-state index contributed by atoms with van der Waals surface area (Å²) in [5.41, 5.74) is 2.79. The fourth-order valence-electron chi connectivity index (χ4n) is 2.49. The number of ether oxygens (including phenoxy) is 1. The molecule has 2 unspecified atom stereocenters. The highest BCUT2D eigenvalue weighted by atomic mass is 32.2. The van der Waals surface area contributed by atoms with Gasteiger partial charge < -0.3 is 10.2 Å². The molecule has 1 fully saturated rings. The molecule has 0 amide bonds. The van der Waals surface area contributed by atoms with E-state index in [1.807, 2.05) is 6.92 Å². The summed E-state index contributed by atoms with van der Waals surface area (Å²) in [4.78, 5) is 0.162. The normalized spacial score (nSPS) is 22.9. The van der Waals surface area contributed by atoms with Gasteiger partial charge in [0.25, 0.3) is 0 Å². The molecule has 0 saturated carbocycles. The molecule has 2 atom stereocenters. The molecule has 2 rings (SSSR count). The number of para-hydroxylation sites is 1. The molecular formula is C13H21N3O3S. The Morgan fingerprint density at radius 1 is 1.40 bits per heavy atom. The monoisotopic (exact) mass is 299 g/mol. The molecule has 0 spiro atoms. The van der Waals surface area contributed by atoms with Crippen molar-refractivity contribution < 1.29 is 13.2 Å². The van der Waals surface area contributed by atoms with Crippen LogP contribution in [-0.2, 0) is 14.8 Å². The third kappa shape index (κ3) is 3.29. The Hall–Kier alpha value is -1.15. The van der Waals surface area contributed by atoms with Crippen LogP contribution in [0.25, 0.3) is 0 Å². The SMILES string of the molecule is CCC1OCCC1CNS(=O)(=O)c1ccccc1NN. The summed E-state index contributed by atoms with van der Waals surface area (Å²) in [6.07, 6.45) is 1.92. The molecular weight excluding hydrogens is 278 g/mol. The number of benzene rings is 1. The Kier molecular flexibility index (Phi) is 4.98. The maximum atomic E-state index is 12.3. The second-order valence-electron chi connectivity index (χ2n) is 4.86. The molecule has 112 valence electrons. The number of nitrogens with two attached hydrogens (primary N) is 1. The van der Waals surface area contributed by atoms with Crippen molar-refractivity contribution in [3.8, 4) is 0 Å². The Morgan fingerprint density at radius 2 is 2.15 bits per heavy atom. The van der Waals surface area contributed by atoms with Gasteiger partial charge in [-0.05, 0) is 25.0 Å². The van der Waals surface area contributed by atoms with Crippen LogP contribution in [0.3, 0.4) is 0 Å². The summed E-state index contributed by atoms with van der Waals surface area (Å²) in [5, 5.41) is 0. The van der Waals surface area contributed by atoms with Crippen LogP contribution in [0.15, 0.2) is 29.2 Å². The predicted molar refractivity (Wildman–Crippen MR) is 77.6 cm³/mol. The summed E-state index contributed by atoms with van der Waals surface area (Å²) >= 11 is 0. The minimum absolute atomic E-state index is 0.139. The van der Waals surface area contributed by atoms with E-state index in [1.165, 1.54) is 6.07 Å². The first-order valence-corrected chi connectivity index (χ1v) is 8.23. The lowest BCUT2D eigenvalue weighted by molar-refractivity contribution is 0.0884.